The van der Waals surface area contributed by atoms with Crippen molar-refractivity contribution in [2.45, 2.75) is 64.5 Å². The summed E-state index contributed by atoms with van der Waals surface area (Å²) in [5.41, 5.74) is 1.22. The zero-order valence-electron chi connectivity index (χ0n) is 18.9. The van der Waals surface area contributed by atoms with Crippen molar-refractivity contribution in [3.05, 3.63) is 35.7 Å². The van der Waals surface area contributed by atoms with Crippen LogP contribution in [0.1, 0.15) is 75.3 Å². The number of piperidine rings is 2. The Hall–Kier alpha value is -2.48. The van der Waals surface area contributed by atoms with Gasteiger partial charge in [0.15, 0.2) is 0 Å². The molecule has 2 saturated heterocycles. The first-order chi connectivity index (χ1) is 15.1. The average molecular weight is 427 g/mol. The molecule has 2 aromatic heterocycles. The van der Waals surface area contributed by atoms with Gasteiger partial charge in [-0.1, -0.05) is 19.9 Å². The van der Waals surface area contributed by atoms with Crippen molar-refractivity contribution in [1.29, 1.82) is 0 Å². The van der Waals surface area contributed by atoms with Crippen LogP contribution in [0.25, 0.3) is 0 Å². The number of anilines is 1. The highest BCUT2D eigenvalue weighted by molar-refractivity contribution is 5.78. The number of carbonyl (C=O) groups is 1. The Morgan fingerprint density at radius 3 is 2.68 bits per heavy atom. The second kappa shape index (κ2) is 9.77. The maximum atomic E-state index is 12.6. The second-order valence-electron chi connectivity index (χ2n) is 8.99. The Morgan fingerprint density at radius 1 is 1.16 bits per heavy atom. The van der Waals surface area contributed by atoms with Crippen LogP contribution in [0.3, 0.4) is 0 Å². The molecule has 0 spiro atoms. The highest BCUT2D eigenvalue weighted by Crippen LogP contribution is 2.34. The first kappa shape index (κ1) is 21.7. The molecule has 0 saturated carbocycles. The fourth-order valence-electron chi connectivity index (χ4n) is 4.70. The molecule has 2 aliphatic rings. The number of amides is 1. The van der Waals surface area contributed by atoms with E-state index in [4.69, 9.17) is 4.42 Å². The van der Waals surface area contributed by atoms with E-state index in [0.717, 1.165) is 70.0 Å². The summed E-state index contributed by atoms with van der Waals surface area (Å²) < 4.78 is 6.16. The van der Waals surface area contributed by atoms with Crippen LogP contribution in [-0.4, -0.2) is 57.6 Å². The Bertz CT molecular complexity index is 874. The smallest absolute Gasteiger partial charge is 0.238 e. The molecule has 2 fully saturated rings. The molecule has 8 nitrogen and oxygen atoms in total. The van der Waals surface area contributed by atoms with Crippen LogP contribution in [0, 0.1) is 5.92 Å². The quantitative estimate of drug-likeness (QED) is 0.755. The third-order valence-electron chi connectivity index (χ3n) is 6.48. The lowest BCUT2D eigenvalue weighted by molar-refractivity contribution is -0.139. The lowest BCUT2D eigenvalue weighted by atomic mass is 9.96. The first-order valence-corrected chi connectivity index (χ1v) is 11.5. The van der Waals surface area contributed by atoms with Crippen LogP contribution in [-0.2, 0) is 11.3 Å². The van der Waals surface area contributed by atoms with E-state index in [1.165, 1.54) is 5.56 Å². The third kappa shape index (κ3) is 4.89. The van der Waals surface area contributed by atoms with Crippen LogP contribution >= 0.6 is 0 Å². The van der Waals surface area contributed by atoms with Crippen LogP contribution in [0.15, 0.2) is 22.7 Å². The molecule has 8 heteroatoms. The standard InChI is InChI=1S/C23H34N6O2/c1-16(2)23(30)29-12-5-4-8-19(29)22-27-26-21(31-22)17-9-13-28(14-10-17)15-18-7-6-11-25-20(18)24-3/h6-7,11,16-17,19H,4-5,8-10,12-15H2,1-3H3,(H,24,25). The summed E-state index contributed by atoms with van der Waals surface area (Å²) in [6.45, 7) is 7.54. The third-order valence-corrected chi connectivity index (χ3v) is 6.48. The molecule has 2 aromatic rings. The molecular weight excluding hydrogens is 392 g/mol. The lowest BCUT2D eigenvalue weighted by Gasteiger charge is -2.34. The minimum Gasteiger partial charge on any atom is -0.423 e. The molecule has 0 bridgehead atoms. The normalized spacial score (nSPS) is 20.9. The number of likely N-dealkylation sites (tertiary alicyclic amines) is 2. The maximum absolute atomic E-state index is 12.6. The Labute approximate surface area is 184 Å². The second-order valence-corrected chi connectivity index (χ2v) is 8.99. The molecule has 0 aromatic carbocycles. The number of nitrogens with one attached hydrogen (secondary N) is 1. The largest absolute Gasteiger partial charge is 0.423 e. The van der Waals surface area contributed by atoms with Crippen molar-refractivity contribution in [2.75, 3.05) is 32.0 Å². The van der Waals surface area contributed by atoms with Gasteiger partial charge in [-0.05, 0) is 51.3 Å². The van der Waals surface area contributed by atoms with E-state index in [1.54, 1.807) is 0 Å². The van der Waals surface area contributed by atoms with Crippen molar-refractivity contribution in [1.82, 2.24) is 25.0 Å². The monoisotopic (exact) mass is 426 g/mol. The predicted molar refractivity (Wildman–Crippen MR) is 118 cm³/mol. The van der Waals surface area contributed by atoms with E-state index in [0.29, 0.717) is 5.89 Å². The van der Waals surface area contributed by atoms with Crippen molar-refractivity contribution in [3.8, 4) is 0 Å². The first-order valence-electron chi connectivity index (χ1n) is 11.5. The van der Waals surface area contributed by atoms with Gasteiger partial charge in [-0.2, -0.15) is 0 Å². The SMILES string of the molecule is CNc1ncccc1CN1CCC(c2nnc(C3CCCCN3C(=O)C(C)C)o2)CC1. The molecule has 4 rings (SSSR count). The van der Waals surface area contributed by atoms with Crippen LogP contribution < -0.4 is 5.32 Å². The molecular formula is C23H34N6O2. The fourth-order valence-corrected chi connectivity index (χ4v) is 4.70. The molecule has 0 radical (unpaired) electrons. The zero-order valence-corrected chi connectivity index (χ0v) is 18.9. The Kier molecular flexibility index (Phi) is 6.85. The number of pyridine rings is 1. The van der Waals surface area contributed by atoms with Crippen molar-refractivity contribution < 1.29 is 9.21 Å². The van der Waals surface area contributed by atoms with Gasteiger partial charge in [0.1, 0.15) is 11.9 Å². The maximum Gasteiger partial charge on any atom is 0.238 e. The van der Waals surface area contributed by atoms with E-state index in [-0.39, 0.29) is 23.8 Å². The van der Waals surface area contributed by atoms with Crippen molar-refractivity contribution >= 4 is 11.7 Å². The molecule has 1 atom stereocenters. The minimum atomic E-state index is -0.0736. The zero-order chi connectivity index (χ0) is 21.8. The lowest BCUT2D eigenvalue weighted by Crippen LogP contribution is -2.40. The Morgan fingerprint density at radius 2 is 1.94 bits per heavy atom. The highest BCUT2D eigenvalue weighted by atomic mass is 16.4. The van der Waals surface area contributed by atoms with Gasteiger partial charge in [-0.3, -0.25) is 9.69 Å². The van der Waals surface area contributed by atoms with Gasteiger partial charge in [0.25, 0.3) is 0 Å². The van der Waals surface area contributed by atoms with Gasteiger partial charge in [0.2, 0.25) is 17.7 Å². The summed E-state index contributed by atoms with van der Waals surface area (Å²) in [5.74, 6) is 2.73. The molecule has 2 aliphatic heterocycles. The number of carbonyl (C=O) groups excluding carboxylic acids is 1. The fraction of sp³-hybridized carbons (Fsp3) is 0.652. The number of nitrogens with zero attached hydrogens (tertiary/aromatic N) is 5. The topological polar surface area (TPSA) is 87.4 Å². The summed E-state index contributed by atoms with van der Waals surface area (Å²) in [6.07, 6.45) is 6.84. The van der Waals surface area contributed by atoms with Crippen molar-refractivity contribution in [2.24, 2.45) is 5.92 Å². The van der Waals surface area contributed by atoms with E-state index < -0.39 is 0 Å². The van der Waals surface area contributed by atoms with Gasteiger partial charge in [0, 0.05) is 43.7 Å². The number of aromatic nitrogens is 3. The molecule has 1 unspecified atom stereocenters. The van der Waals surface area contributed by atoms with Crippen molar-refractivity contribution in [3.63, 3.8) is 0 Å². The number of hydrogen-bond acceptors (Lipinski definition) is 7. The molecule has 0 aliphatic carbocycles. The number of rotatable bonds is 6. The predicted octanol–water partition coefficient (Wildman–Crippen LogP) is 3.60. The van der Waals surface area contributed by atoms with Gasteiger partial charge in [-0.15, -0.1) is 10.2 Å². The molecule has 4 heterocycles. The summed E-state index contributed by atoms with van der Waals surface area (Å²) in [5, 5.41) is 11.9. The van der Waals surface area contributed by atoms with Crippen LogP contribution in [0.4, 0.5) is 5.82 Å². The summed E-state index contributed by atoms with van der Waals surface area (Å²) in [4.78, 5) is 21.4. The molecule has 1 amide bonds. The van der Waals surface area contributed by atoms with Crippen LogP contribution in [0.5, 0.6) is 0 Å². The van der Waals surface area contributed by atoms with E-state index >= 15 is 0 Å². The summed E-state index contributed by atoms with van der Waals surface area (Å²) in [7, 11) is 1.91. The van der Waals surface area contributed by atoms with E-state index in [2.05, 4.69) is 31.5 Å². The van der Waals surface area contributed by atoms with Gasteiger partial charge in [0.05, 0.1) is 0 Å². The molecule has 31 heavy (non-hydrogen) atoms. The number of hydrogen-bond donors (Lipinski definition) is 1. The Balaban J connectivity index is 1.37. The van der Waals surface area contributed by atoms with Gasteiger partial charge >= 0.3 is 0 Å². The average Bonchev–Trinajstić information content (AvgIpc) is 3.29. The van der Waals surface area contributed by atoms with E-state index in [9.17, 15) is 4.79 Å². The van der Waals surface area contributed by atoms with E-state index in [1.807, 2.05) is 38.1 Å². The minimum absolute atomic E-state index is 0.0180. The van der Waals surface area contributed by atoms with Crippen LogP contribution in [0.2, 0.25) is 0 Å². The van der Waals surface area contributed by atoms with Gasteiger partial charge in [-0.25, -0.2) is 4.98 Å². The molecule has 168 valence electrons. The summed E-state index contributed by atoms with van der Waals surface area (Å²) >= 11 is 0. The highest BCUT2D eigenvalue weighted by Gasteiger charge is 2.34. The molecule has 1 N–H and O–H groups in total. The van der Waals surface area contributed by atoms with Gasteiger partial charge < -0.3 is 14.6 Å². The summed E-state index contributed by atoms with van der Waals surface area (Å²) in [6, 6.07) is 4.04.